The summed E-state index contributed by atoms with van der Waals surface area (Å²) >= 11 is 0. The number of unbranched alkanes of at least 4 members (excludes halogenated alkanes) is 12. The number of aromatic hydroxyl groups is 2. The maximum absolute atomic E-state index is 14.7. The molecule has 0 aliphatic carbocycles. The number of likely N-dealkylation sites (tertiary alicyclic amines) is 1. The average Bonchev–Trinajstić information content (AvgIpc) is 1.64. The Morgan fingerprint density at radius 3 is 1.38 bits per heavy atom. The van der Waals surface area contributed by atoms with Crippen molar-refractivity contribution in [2.24, 2.45) is 34.0 Å². The number of nitrogens with one attached hydrogen (secondary N) is 12. The van der Waals surface area contributed by atoms with E-state index in [1.807, 2.05) is 13.8 Å². The van der Waals surface area contributed by atoms with E-state index < -0.39 is 168 Å². The van der Waals surface area contributed by atoms with Crippen molar-refractivity contribution in [3.05, 3.63) is 95.7 Å². The number of aromatic amines is 1. The average molecular weight is 1680 g/mol. The van der Waals surface area contributed by atoms with E-state index in [0.29, 0.717) is 40.4 Å². The first kappa shape index (κ1) is 99.6. The number of amides is 13. The number of H-pyrrole nitrogens is 1. The van der Waals surface area contributed by atoms with E-state index in [1.165, 1.54) is 126 Å². The number of nitrogens with two attached hydrogens (primary N) is 3. The number of nitrogens with zero attached hydrogens (tertiary/aromatic N) is 2. The Balaban J connectivity index is 1.27. The van der Waals surface area contributed by atoms with E-state index in [2.05, 4.69) is 75.4 Å². The van der Waals surface area contributed by atoms with E-state index in [4.69, 9.17) is 17.2 Å². The topological polar surface area (TPSA) is 565 Å². The predicted molar refractivity (Wildman–Crippen MR) is 452 cm³/mol. The number of hydrogen-bond acceptors (Lipinski definition) is 19. The van der Waals surface area contributed by atoms with Crippen LogP contribution in [-0.4, -0.2) is 222 Å². The molecule has 35 heteroatoms. The minimum atomic E-state index is -1.88. The minimum Gasteiger partial charge on any atom is -0.508 e. The van der Waals surface area contributed by atoms with Gasteiger partial charge in [0.2, 0.25) is 76.8 Å². The molecule has 15 atom stereocenters. The highest BCUT2D eigenvalue weighted by molar-refractivity contribution is 6.00. The summed E-state index contributed by atoms with van der Waals surface area (Å²) in [6.07, 6.45) is 11.7. The molecular weight excluding hydrogens is 1550 g/mol. The van der Waals surface area contributed by atoms with Gasteiger partial charge in [0.25, 0.3) is 0 Å². The normalized spacial score (nSPS) is 16.2. The third-order valence-electron chi connectivity index (χ3n) is 21.0. The molecular formula is C85H131N17O18. The molecule has 0 bridgehead atoms. The zero-order valence-electron chi connectivity index (χ0n) is 71.0. The van der Waals surface area contributed by atoms with Crippen LogP contribution in [0.5, 0.6) is 11.5 Å². The number of phenolic OH excluding ortho intramolecular Hbond substituents is 2. The van der Waals surface area contributed by atoms with Gasteiger partial charge < -0.3 is 111 Å². The molecule has 4 aromatic rings. The fourth-order valence-corrected chi connectivity index (χ4v) is 14.1. The standard InChI is InChI=1S/C85H131N17O18/c1-11-12-13-14-15-16-17-18-19-20-21-22-23-32-68(108)98-69(49(4)5)80(116)101-72(54(10)105)83(119)97-66(43-48(2)3)84(120)102-42-27-31-67(102)79(115)92-50(6)74(110)94-65(46-57-47-90-61-29-25-24-28-60(57)61)76(112)91-51(7)75(111)99-70(52(8)103)81(117)96-64(45-56-35-39-59(107)40-36-56)78(114)100-71(53(9)104)82(118)95-63(44-55-33-37-58(106)38-34-55)77(113)93-62(73(86)109)30-26-41-89-85(87)88/h24-25,28-29,33-40,47-54,62-67,69-72,90,103-107H,11-23,26-27,30-32,41-46H2,1-10H3,(H2,86,109)(H,91,112)(H,92,115)(H,93,113)(H,94,110)(H,95,118)(H,96,117)(H,97,119)(H,98,108)(H,99,111)(H,100,114)(H,101,116)(H4,87,88,89)/t50-,51-,52+,53+,54+,62-,63-,64-,65-,66-,67-,69-,70-,71-,72-/m0/s1. The van der Waals surface area contributed by atoms with Crippen molar-refractivity contribution in [3.63, 3.8) is 0 Å². The maximum atomic E-state index is 14.7. The quantitative estimate of drug-likeness (QED) is 0.0170. The third kappa shape index (κ3) is 33.7. The first-order valence-corrected chi connectivity index (χ1v) is 42.0. The first-order chi connectivity index (χ1) is 56.9. The summed E-state index contributed by atoms with van der Waals surface area (Å²) in [4.78, 5) is 192. The summed E-state index contributed by atoms with van der Waals surface area (Å²) in [5, 5.41) is 82.3. The maximum Gasteiger partial charge on any atom is 0.245 e. The Morgan fingerprint density at radius 2 is 0.892 bits per heavy atom. The molecule has 120 heavy (non-hydrogen) atoms. The van der Waals surface area contributed by atoms with Crippen LogP contribution < -0.4 is 75.7 Å². The lowest BCUT2D eigenvalue weighted by molar-refractivity contribution is -0.143. The number of fused-ring (bicyclic) bond motifs is 1. The highest BCUT2D eigenvalue weighted by atomic mass is 16.3. The van der Waals surface area contributed by atoms with Crippen LogP contribution in [-0.2, 0) is 81.6 Å². The van der Waals surface area contributed by atoms with Gasteiger partial charge >= 0.3 is 0 Å². The van der Waals surface area contributed by atoms with Crippen LogP contribution in [0.15, 0.2) is 84.0 Å². The molecule has 0 saturated carbocycles. The monoisotopic (exact) mass is 1680 g/mol. The van der Waals surface area contributed by atoms with Gasteiger partial charge in [0.15, 0.2) is 5.96 Å². The van der Waals surface area contributed by atoms with Gasteiger partial charge in [0, 0.05) is 55.9 Å². The molecule has 5 rings (SSSR count). The number of hydrogen-bond donors (Lipinski definition) is 20. The second-order valence-corrected chi connectivity index (χ2v) is 32.2. The van der Waals surface area contributed by atoms with Crippen molar-refractivity contribution < 1.29 is 87.9 Å². The van der Waals surface area contributed by atoms with Gasteiger partial charge in [-0.1, -0.05) is 154 Å². The fraction of sp³-hybridized carbons (Fsp3) is 0.600. The number of benzene rings is 3. The van der Waals surface area contributed by atoms with Gasteiger partial charge in [-0.3, -0.25) is 67.3 Å². The number of carbonyl (C=O) groups excluding carboxylic acids is 13. The van der Waals surface area contributed by atoms with E-state index in [0.717, 1.165) is 39.5 Å². The van der Waals surface area contributed by atoms with Crippen LogP contribution in [0.3, 0.4) is 0 Å². The lowest BCUT2D eigenvalue weighted by Crippen LogP contribution is -2.63. The van der Waals surface area contributed by atoms with Gasteiger partial charge in [-0.05, 0) is 132 Å². The molecule has 1 fully saturated rings. The zero-order valence-corrected chi connectivity index (χ0v) is 71.0. The van der Waals surface area contributed by atoms with Crippen molar-refractivity contribution in [2.45, 2.75) is 301 Å². The minimum absolute atomic E-state index is 0.0244. The van der Waals surface area contributed by atoms with E-state index in [9.17, 15) is 87.9 Å². The van der Waals surface area contributed by atoms with E-state index in [1.54, 1.807) is 44.3 Å². The second-order valence-electron chi connectivity index (χ2n) is 32.2. The van der Waals surface area contributed by atoms with Crippen LogP contribution in [0.25, 0.3) is 10.9 Å². The third-order valence-corrected chi connectivity index (χ3v) is 21.0. The number of aromatic nitrogens is 1. The highest BCUT2D eigenvalue weighted by Gasteiger charge is 2.42. The van der Waals surface area contributed by atoms with Crippen molar-refractivity contribution in [3.8, 4) is 11.5 Å². The van der Waals surface area contributed by atoms with Gasteiger partial charge in [0.05, 0.1) is 18.3 Å². The molecule has 23 N–H and O–H groups in total. The van der Waals surface area contributed by atoms with Crippen LogP contribution in [0.4, 0.5) is 0 Å². The number of guanidine groups is 1. The zero-order chi connectivity index (χ0) is 88.9. The Morgan fingerprint density at radius 1 is 0.467 bits per heavy atom. The second kappa shape index (κ2) is 50.9. The van der Waals surface area contributed by atoms with E-state index in [-0.39, 0.29) is 93.7 Å². The predicted octanol–water partition coefficient (Wildman–Crippen LogP) is 1.84. The summed E-state index contributed by atoms with van der Waals surface area (Å²) in [6.45, 7) is 15.7. The van der Waals surface area contributed by atoms with Crippen molar-refractivity contribution in [1.82, 2.24) is 68.4 Å². The Labute approximate surface area is 702 Å². The molecule has 2 heterocycles. The van der Waals surface area contributed by atoms with E-state index >= 15 is 0 Å². The number of primary amides is 1. The van der Waals surface area contributed by atoms with Crippen LogP contribution in [0, 0.1) is 11.8 Å². The summed E-state index contributed by atoms with van der Waals surface area (Å²) < 4.78 is 0. The van der Waals surface area contributed by atoms with Crippen LogP contribution >= 0.6 is 0 Å². The van der Waals surface area contributed by atoms with Crippen molar-refractivity contribution >= 4 is 93.7 Å². The molecule has 0 spiro atoms. The van der Waals surface area contributed by atoms with Gasteiger partial charge in [-0.2, -0.15) is 0 Å². The lowest BCUT2D eigenvalue weighted by Gasteiger charge is -2.32. The fourth-order valence-electron chi connectivity index (χ4n) is 14.1. The summed E-state index contributed by atoms with van der Waals surface area (Å²) in [5.74, 6) is -12.5. The molecule has 0 radical (unpaired) electrons. The Hall–Kier alpha value is -10.9. The molecule has 1 aliphatic rings. The molecule has 1 saturated heterocycles. The summed E-state index contributed by atoms with van der Waals surface area (Å²) in [5.41, 5.74) is 18.4. The molecule has 13 amide bonds. The summed E-state index contributed by atoms with van der Waals surface area (Å²) in [6, 6.07) is 0.340. The highest BCUT2D eigenvalue weighted by Crippen LogP contribution is 2.24. The van der Waals surface area contributed by atoms with Crippen LogP contribution in [0.1, 0.15) is 208 Å². The van der Waals surface area contributed by atoms with Gasteiger partial charge in [-0.25, -0.2) is 0 Å². The Kier molecular flexibility index (Phi) is 42.2. The Bertz CT molecular complexity index is 4040. The van der Waals surface area contributed by atoms with Crippen LogP contribution in [0.2, 0.25) is 0 Å². The lowest BCUT2D eigenvalue weighted by atomic mass is 10.00. The SMILES string of the molecule is CCCCCCCCCCCCCCCC(=O)N[C@H](C(=O)N[C@H](C(=O)N[C@@H](CC(C)C)C(=O)N1CCC[C@H]1C(=O)N[C@@H](C)C(=O)N[C@@H](Cc1c[nH]c2ccccc12)C(=O)N[C@@H](C)C(=O)N[C@H](C(=O)N[C@@H](Cc1ccc(O)cc1)C(=O)N[C@H](C(=O)N[C@@H](Cc1ccc(O)cc1)C(=O)N[C@@H](CCCN=C(N)N)C(N)=O)[C@@H](C)O)[C@@H](C)O)[C@@H](C)O)C(C)C. The number of aliphatic hydroxyl groups is 3. The molecule has 3 aromatic carbocycles. The number of para-hydroxylation sites is 1. The van der Waals surface area contributed by atoms with Crippen molar-refractivity contribution in [1.29, 1.82) is 0 Å². The van der Waals surface area contributed by atoms with Crippen molar-refractivity contribution in [2.75, 3.05) is 13.1 Å². The number of phenols is 2. The molecule has 1 aliphatic heterocycles. The summed E-state index contributed by atoms with van der Waals surface area (Å²) in [7, 11) is 0. The first-order valence-electron chi connectivity index (χ1n) is 42.0. The molecule has 1 aromatic heterocycles. The smallest absolute Gasteiger partial charge is 0.245 e. The number of aliphatic hydroxyl groups excluding tert-OH is 3. The largest absolute Gasteiger partial charge is 0.508 e. The number of carbonyl (C=O) groups is 13. The molecule has 0 unspecified atom stereocenters. The number of aliphatic imine (C=N–C) groups is 1. The molecule has 664 valence electrons. The van der Waals surface area contributed by atoms with Gasteiger partial charge in [-0.15, -0.1) is 0 Å². The number of rotatable bonds is 53. The van der Waals surface area contributed by atoms with Gasteiger partial charge in [0.1, 0.15) is 84.0 Å². The molecule has 35 nitrogen and oxygen atoms in total.